The van der Waals surface area contributed by atoms with Crippen LogP contribution in [0.4, 0.5) is 18.0 Å². The van der Waals surface area contributed by atoms with Gasteiger partial charge in [-0.3, -0.25) is 0 Å². The summed E-state index contributed by atoms with van der Waals surface area (Å²) in [6.45, 7) is 10.8. The van der Waals surface area contributed by atoms with Gasteiger partial charge in [0, 0.05) is 36.2 Å². The number of likely N-dealkylation sites (tertiary alicyclic amines) is 1. The van der Waals surface area contributed by atoms with Crippen LogP contribution >= 0.6 is 0 Å². The van der Waals surface area contributed by atoms with E-state index in [9.17, 15) is 18.0 Å². The van der Waals surface area contributed by atoms with Crippen molar-refractivity contribution in [3.8, 4) is 0 Å². The van der Waals surface area contributed by atoms with E-state index < -0.39 is 17.7 Å². The van der Waals surface area contributed by atoms with Crippen LogP contribution in [0.3, 0.4) is 0 Å². The molecular formula is C25H35F3N4O2. The van der Waals surface area contributed by atoms with Gasteiger partial charge >= 0.3 is 12.3 Å². The molecule has 0 aromatic carbocycles. The number of carbonyl (C=O) groups is 1. The van der Waals surface area contributed by atoms with Crippen LogP contribution < -0.4 is 0 Å². The molecule has 2 aliphatic rings. The van der Waals surface area contributed by atoms with E-state index in [-0.39, 0.29) is 30.3 Å². The van der Waals surface area contributed by atoms with Crippen molar-refractivity contribution in [2.45, 2.75) is 96.3 Å². The van der Waals surface area contributed by atoms with E-state index in [0.29, 0.717) is 31.6 Å². The van der Waals surface area contributed by atoms with Crippen LogP contribution in [0, 0.1) is 12.8 Å². The Balaban J connectivity index is 1.60. The molecule has 34 heavy (non-hydrogen) atoms. The summed E-state index contributed by atoms with van der Waals surface area (Å²) in [6, 6.07) is 3.94. The van der Waals surface area contributed by atoms with Crippen molar-refractivity contribution in [3.05, 3.63) is 29.2 Å². The molecule has 0 spiro atoms. The molecule has 2 aromatic rings. The standard InChI is InChI=1S/C25H35F3N4O2/c1-16-13-20(24(5)11-6-12-31(15-24)22(33)34-23(2,3)4)32-21(29-16)14-19(30-32)17-7-9-18(10-8-17)25(26,27)28/h13-14,17-18H,6-12,15H2,1-5H3/t17?,18?,24-/m1/s1. The van der Waals surface area contributed by atoms with E-state index in [1.807, 2.05) is 44.3 Å². The zero-order chi connectivity index (χ0) is 24.9. The van der Waals surface area contributed by atoms with Gasteiger partial charge in [0.25, 0.3) is 0 Å². The number of alkyl halides is 3. The summed E-state index contributed by atoms with van der Waals surface area (Å²) in [6.07, 6.45) is -1.47. The number of nitrogens with zero attached hydrogens (tertiary/aromatic N) is 4. The lowest BCUT2D eigenvalue weighted by molar-refractivity contribution is -0.182. The third-order valence-electron chi connectivity index (χ3n) is 7.15. The van der Waals surface area contributed by atoms with Gasteiger partial charge in [-0.2, -0.15) is 18.3 Å². The second-order valence-electron chi connectivity index (χ2n) is 11.3. The summed E-state index contributed by atoms with van der Waals surface area (Å²) in [5.74, 6) is -1.21. The van der Waals surface area contributed by atoms with E-state index in [0.717, 1.165) is 29.9 Å². The zero-order valence-electron chi connectivity index (χ0n) is 20.7. The summed E-state index contributed by atoms with van der Waals surface area (Å²) in [5, 5.41) is 4.85. The zero-order valence-corrected chi connectivity index (χ0v) is 20.7. The molecule has 9 heteroatoms. The highest BCUT2D eigenvalue weighted by molar-refractivity contribution is 5.68. The maximum Gasteiger partial charge on any atom is 0.410 e. The minimum atomic E-state index is -4.12. The van der Waals surface area contributed by atoms with Crippen molar-refractivity contribution in [2.24, 2.45) is 5.92 Å². The molecule has 4 rings (SSSR count). The lowest BCUT2D eigenvalue weighted by Crippen LogP contribution is -2.49. The number of hydrogen-bond donors (Lipinski definition) is 0. The van der Waals surface area contributed by atoms with Crippen LogP contribution in [-0.4, -0.2) is 50.5 Å². The van der Waals surface area contributed by atoms with Crippen LogP contribution in [-0.2, 0) is 10.2 Å². The minimum absolute atomic E-state index is 0.00544. The molecule has 3 heterocycles. The average Bonchev–Trinajstić information content (AvgIpc) is 3.15. The second kappa shape index (κ2) is 8.72. The number of aryl methyl sites for hydroxylation is 1. The minimum Gasteiger partial charge on any atom is -0.444 e. The number of piperidine rings is 1. The Kier molecular flexibility index (Phi) is 6.36. The van der Waals surface area contributed by atoms with Gasteiger partial charge in [-0.15, -0.1) is 0 Å². The van der Waals surface area contributed by atoms with E-state index in [1.165, 1.54) is 0 Å². The lowest BCUT2D eigenvalue weighted by atomic mass is 9.78. The summed E-state index contributed by atoms with van der Waals surface area (Å²) < 4.78 is 46.7. The fraction of sp³-hybridized carbons (Fsp3) is 0.720. The molecule has 188 valence electrons. The summed E-state index contributed by atoms with van der Waals surface area (Å²) in [5.41, 5.74) is 2.43. The second-order valence-corrected chi connectivity index (χ2v) is 11.3. The van der Waals surface area contributed by atoms with Crippen molar-refractivity contribution in [1.82, 2.24) is 19.5 Å². The van der Waals surface area contributed by atoms with Gasteiger partial charge in [-0.25, -0.2) is 14.3 Å². The Morgan fingerprint density at radius 2 is 1.82 bits per heavy atom. The lowest BCUT2D eigenvalue weighted by Gasteiger charge is -2.41. The van der Waals surface area contributed by atoms with E-state index in [4.69, 9.17) is 9.84 Å². The van der Waals surface area contributed by atoms with Gasteiger partial charge in [0.05, 0.1) is 17.3 Å². The summed E-state index contributed by atoms with van der Waals surface area (Å²) in [4.78, 5) is 19.2. The van der Waals surface area contributed by atoms with Crippen LogP contribution in [0.5, 0.6) is 0 Å². The number of hydrogen-bond acceptors (Lipinski definition) is 4. The first-order valence-corrected chi connectivity index (χ1v) is 12.2. The molecule has 0 N–H and O–H groups in total. The number of carbonyl (C=O) groups excluding carboxylic acids is 1. The highest BCUT2D eigenvalue weighted by Crippen LogP contribution is 2.43. The van der Waals surface area contributed by atoms with E-state index in [1.54, 1.807) is 4.90 Å². The molecule has 2 fully saturated rings. The third-order valence-corrected chi connectivity index (χ3v) is 7.15. The third kappa shape index (κ3) is 5.18. The van der Waals surface area contributed by atoms with Gasteiger partial charge in [-0.1, -0.05) is 6.92 Å². The molecule has 1 saturated carbocycles. The molecule has 2 aromatic heterocycles. The normalized spacial score (nSPS) is 26.6. The first kappa shape index (κ1) is 24.8. The molecule has 6 nitrogen and oxygen atoms in total. The summed E-state index contributed by atoms with van der Waals surface area (Å²) >= 11 is 0. The molecule has 0 radical (unpaired) electrons. The van der Waals surface area contributed by atoms with Crippen LogP contribution in [0.25, 0.3) is 5.65 Å². The highest BCUT2D eigenvalue weighted by atomic mass is 19.4. The fourth-order valence-corrected chi connectivity index (χ4v) is 5.39. The molecule has 1 saturated heterocycles. The van der Waals surface area contributed by atoms with Crippen LogP contribution in [0.1, 0.15) is 89.2 Å². The maximum absolute atomic E-state index is 13.1. The molecule has 1 atom stereocenters. The molecular weight excluding hydrogens is 445 g/mol. The number of rotatable bonds is 2. The van der Waals surface area contributed by atoms with Gasteiger partial charge in [0.15, 0.2) is 5.65 Å². The van der Waals surface area contributed by atoms with Crippen molar-refractivity contribution in [1.29, 1.82) is 0 Å². The van der Waals surface area contributed by atoms with Gasteiger partial charge in [0.2, 0.25) is 0 Å². The number of fused-ring (bicyclic) bond motifs is 1. The predicted octanol–water partition coefficient (Wildman–Crippen LogP) is 6.16. The fourth-order valence-electron chi connectivity index (χ4n) is 5.39. The van der Waals surface area contributed by atoms with Crippen molar-refractivity contribution in [2.75, 3.05) is 13.1 Å². The quantitative estimate of drug-likeness (QED) is 0.516. The Labute approximate surface area is 198 Å². The summed E-state index contributed by atoms with van der Waals surface area (Å²) in [7, 11) is 0. The molecule has 0 unspecified atom stereocenters. The Morgan fingerprint density at radius 1 is 1.15 bits per heavy atom. The van der Waals surface area contributed by atoms with Gasteiger partial charge in [-0.05, 0) is 72.3 Å². The number of aromatic nitrogens is 3. The first-order chi connectivity index (χ1) is 15.7. The first-order valence-electron chi connectivity index (χ1n) is 12.2. The highest BCUT2D eigenvalue weighted by Gasteiger charge is 2.42. The number of amides is 1. The van der Waals surface area contributed by atoms with Crippen LogP contribution in [0.15, 0.2) is 12.1 Å². The largest absolute Gasteiger partial charge is 0.444 e. The topological polar surface area (TPSA) is 59.7 Å². The smallest absolute Gasteiger partial charge is 0.410 e. The molecule has 0 bridgehead atoms. The Hall–Kier alpha value is -2.32. The number of halogens is 3. The molecule has 1 amide bonds. The van der Waals surface area contributed by atoms with E-state index >= 15 is 0 Å². The average molecular weight is 481 g/mol. The van der Waals surface area contributed by atoms with Crippen molar-refractivity contribution >= 4 is 11.7 Å². The van der Waals surface area contributed by atoms with Gasteiger partial charge < -0.3 is 9.64 Å². The molecule has 1 aliphatic carbocycles. The SMILES string of the molecule is Cc1cc([C@]2(C)CCCN(C(=O)OC(C)(C)C)C2)n2nc(C3CCC(C(F)(F)F)CC3)cc2n1. The monoisotopic (exact) mass is 480 g/mol. The van der Waals surface area contributed by atoms with Gasteiger partial charge in [0.1, 0.15) is 5.60 Å². The van der Waals surface area contributed by atoms with Crippen LogP contribution in [0.2, 0.25) is 0 Å². The Bertz CT molecular complexity index is 1050. The predicted molar refractivity (Wildman–Crippen MR) is 123 cm³/mol. The number of ether oxygens (including phenoxy) is 1. The van der Waals surface area contributed by atoms with Crippen molar-refractivity contribution < 1.29 is 22.7 Å². The maximum atomic E-state index is 13.1. The van der Waals surface area contributed by atoms with E-state index in [2.05, 4.69) is 11.9 Å². The Morgan fingerprint density at radius 3 is 2.44 bits per heavy atom. The molecule has 1 aliphatic heterocycles. The van der Waals surface area contributed by atoms with Crippen molar-refractivity contribution in [3.63, 3.8) is 0 Å².